The Morgan fingerprint density at radius 2 is 1.47 bits per heavy atom. The van der Waals surface area contributed by atoms with Crippen molar-refractivity contribution in [3.8, 4) is 0 Å². The zero-order valence-electron chi connectivity index (χ0n) is 23.9. The first-order valence-corrected chi connectivity index (χ1v) is 13.3. The van der Waals surface area contributed by atoms with Crippen LogP contribution in [0.2, 0.25) is 0 Å². The molecular formula is C30H46N4O4. The molecule has 0 spiro atoms. The zero-order chi connectivity index (χ0) is 28.2. The molecule has 4 N–H and O–H groups in total. The molecule has 8 nitrogen and oxygen atoms in total. The monoisotopic (exact) mass is 526 g/mol. The lowest BCUT2D eigenvalue weighted by Crippen LogP contribution is -2.42. The van der Waals surface area contributed by atoms with Crippen LogP contribution in [0.3, 0.4) is 0 Å². The van der Waals surface area contributed by atoms with Crippen LogP contribution in [0.1, 0.15) is 64.7 Å². The van der Waals surface area contributed by atoms with Crippen molar-refractivity contribution in [2.45, 2.75) is 84.7 Å². The van der Waals surface area contributed by atoms with E-state index in [1.165, 1.54) is 5.56 Å². The average molecular weight is 527 g/mol. The Morgan fingerprint density at radius 3 is 2.13 bits per heavy atom. The van der Waals surface area contributed by atoms with Crippen molar-refractivity contribution >= 4 is 12.2 Å². The van der Waals surface area contributed by atoms with E-state index in [-0.39, 0.29) is 12.1 Å². The van der Waals surface area contributed by atoms with Crippen molar-refractivity contribution in [3.05, 3.63) is 71.3 Å². The number of alkyl carbamates (subject to hydrolysis) is 1. The fourth-order valence-corrected chi connectivity index (χ4v) is 3.74. The molecule has 0 bridgehead atoms. The van der Waals surface area contributed by atoms with Gasteiger partial charge in [0.15, 0.2) is 0 Å². The van der Waals surface area contributed by atoms with Gasteiger partial charge >= 0.3 is 12.2 Å². The summed E-state index contributed by atoms with van der Waals surface area (Å²) in [4.78, 5) is 26.5. The third kappa shape index (κ3) is 13.4. The molecule has 38 heavy (non-hydrogen) atoms. The molecule has 1 atom stereocenters. The number of ether oxygens (including phenoxy) is 2. The standard InChI is InChI=1S/C30H46N4O4/c1-29(2,3)37-27(35)33-22-25-14-10-13-24(19-25)20-26(31)15-17-34(28(36)38-30(4,5)6)18-16-32-21-23-11-8-7-9-12-23/h7-14,19,26,32H,15-18,20-22,31H2,1-6H3,(H,33,35)/t26-/m1/s1. The van der Waals surface area contributed by atoms with Gasteiger partial charge in [-0.05, 0) is 71.1 Å². The molecule has 210 valence electrons. The number of carbonyl (C=O) groups excluding carboxylic acids is 2. The summed E-state index contributed by atoms with van der Waals surface area (Å²) in [7, 11) is 0. The summed E-state index contributed by atoms with van der Waals surface area (Å²) in [6.07, 6.45) is 0.522. The van der Waals surface area contributed by atoms with E-state index in [1.54, 1.807) is 4.90 Å². The molecule has 0 aromatic heterocycles. The Balaban J connectivity index is 1.87. The lowest BCUT2D eigenvalue weighted by molar-refractivity contribution is 0.0246. The van der Waals surface area contributed by atoms with Crippen molar-refractivity contribution in [3.63, 3.8) is 0 Å². The van der Waals surface area contributed by atoms with Gasteiger partial charge in [0.2, 0.25) is 0 Å². The third-order valence-corrected chi connectivity index (χ3v) is 5.48. The van der Waals surface area contributed by atoms with Crippen LogP contribution in [0.15, 0.2) is 54.6 Å². The van der Waals surface area contributed by atoms with Gasteiger partial charge in [0.1, 0.15) is 11.2 Å². The SMILES string of the molecule is CC(C)(C)OC(=O)NCc1cccc(C[C@H](N)CCN(CCNCc2ccccc2)C(=O)OC(C)(C)C)c1. The van der Waals surface area contributed by atoms with E-state index in [0.29, 0.717) is 39.0 Å². The summed E-state index contributed by atoms with van der Waals surface area (Å²) in [6.45, 7) is 13.9. The maximum atomic E-state index is 12.8. The van der Waals surface area contributed by atoms with E-state index >= 15 is 0 Å². The predicted molar refractivity (Wildman–Crippen MR) is 152 cm³/mol. The fraction of sp³-hybridized carbons (Fsp3) is 0.533. The third-order valence-electron chi connectivity index (χ3n) is 5.48. The van der Waals surface area contributed by atoms with Crippen LogP contribution >= 0.6 is 0 Å². The van der Waals surface area contributed by atoms with Crippen molar-refractivity contribution in [1.29, 1.82) is 0 Å². The minimum atomic E-state index is -0.567. The number of hydrogen-bond acceptors (Lipinski definition) is 6. The summed E-state index contributed by atoms with van der Waals surface area (Å²) >= 11 is 0. The van der Waals surface area contributed by atoms with Crippen molar-refractivity contribution in [1.82, 2.24) is 15.5 Å². The van der Waals surface area contributed by atoms with Gasteiger partial charge in [0.25, 0.3) is 0 Å². The highest BCUT2D eigenvalue weighted by Crippen LogP contribution is 2.13. The van der Waals surface area contributed by atoms with Crippen LogP contribution in [0, 0.1) is 0 Å². The van der Waals surface area contributed by atoms with Gasteiger partial charge in [-0.2, -0.15) is 0 Å². The van der Waals surface area contributed by atoms with Gasteiger partial charge < -0.3 is 30.7 Å². The largest absolute Gasteiger partial charge is 0.444 e. The van der Waals surface area contributed by atoms with Gasteiger partial charge in [-0.25, -0.2) is 9.59 Å². The Bertz CT molecular complexity index is 999. The topological polar surface area (TPSA) is 106 Å². The molecular weight excluding hydrogens is 480 g/mol. The molecule has 0 heterocycles. The quantitative estimate of drug-likeness (QED) is 0.336. The number of nitrogens with zero attached hydrogens (tertiary/aromatic N) is 1. The van der Waals surface area contributed by atoms with Crippen LogP contribution in [0.5, 0.6) is 0 Å². The smallest absolute Gasteiger partial charge is 0.410 e. The van der Waals surface area contributed by atoms with E-state index < -0.39 is 17.3 Å². The van der Waals surface area contributed by atoms with Gasteiger partial charge in [0.05, 0.1) is 0 Å². The van der Waals surface area contributed by atoms with E-state index in [0.717, 1.165) is 17.7 Å². The molecule has 0 unspecified atom stereocenters. The number of amides is 2. The molecule has 0 saturated heterocycles. The van der Waals surface area contributed by atoms with E-state index in [2.05, 4.69) is 22.8 Å². The van der Waals surface area contributed by atoms with Crippen molar-refractivity contribution in [2.75, 3.05) is 19.6 Å². The Labute approximate surface area is 228 Å². The molecule has 2 aromatic rings. The number of carbonyl (C=O) groups is 2. The highest BCUT2D eigenvalue weighted by Gasteiger charge is 2.22. The molecule has 2 aromatic carbocycles. The van der Waals surface area contributed by atoms with Crippen LogP contribution in [-0.4, -0.2) is 54.0 Å². The van der Waals surface area contributed by atoms with Crippen LogP contribution in [0.4, 0.5) is 9.59 Å². The maximum absolute atomic E-state index is 12.8. The van der Waals surface area contributed by atoms with Crippen molar-refractivity contribution in [2.24, 2.45) is 5.73 Å². The molecule has 8 heteroatoms. The van der Waals surface area contributed by atoms with Crippen LogP contribution in [0.25, 0.3) is 0 Å². The van der Waals surface area contributed by atoms with Gasteiger partial charge in [-0.15, -0.1) is 0 Å². The lowest BCUT2D eigenvalue weighted by atomic mass is 10.0. The number of nitrogens with one attached hydrogen (secondary N) is 2. The summed E-state index contributed by atoms with van der Waals surface area (Å²) < 4.78 is 10.9. The molecule has 2 amide bonds. The second kappa shape index (κ2) is 14.7. The normalized spacial score (nSPS) is 12.5. The first-order valence-electron chi connectivity index (χ1n) is 13.3. The molecule has 0 aliphatic rings. The molecule has 0 aliphatic heterocycles. The Hall–Kier alpha value is -3.10. The number of hydrogen-bond donors (Lipinski definition) is 3. The van der Waals surface area contributed by atoms with Crippen LogP contribution in [-0.2, 0) is 29.0 Å². The number of nitrogens with two attached hydrogens (primary N) is 1. The summed E-state index contributed by atoms with van der Waals surface area (Å²) in [6, 6.07) is 18.0. The van der Waals surface area contributed by atoms with Crippen molar-refractivity contribution < 1.29 is 19.1 Å². The summed E-state index contributed by atoms with van der Waals surface area (Å²) in [5.41, 5.74) is 8.61. The first kappa shape index (κ1) is 31.1. The predicted octanol–water partition coefficient (Wildman–Crippen LogP) is 5.00. The van der Waals surface area contributed by atoms with E-state index in [9.17, 15) is 9.59 Å². The molecule has 0 radical (unpaired) electrons. The summed E-state index contributed by atoms with van der Waals surface area (Å²) in [5, 5.41) is 6.18. The maximum Gasteiger partial charge on any atom is 0.410 e. The second-order valence-corrected chi connectivity index (χ2v) is 11.6. The van der Waals surface area contributed by atoms with E-state index in [4.69, 9.17) is 15.2 Å². The number of benzene rings is 2. The second-order valence-electron chi connectivity index (χ2n) is 11.6. The lowest BCUT2D eigenvalue weighted by Gasteiger charge is -2.28. The Morgan fingerprint density at radius 1 is 0.842 bits per heavy atom. The minimum Gasteiger partial charge on any atom is -0.444 e. The molecule has 0 saturated carbocycles. The van der Waals surface area contributed by atoms with Gasteiger partial charge in [-0.1, -0.05) is 54.6 Å². The van der Waals surface area contributed by atoms with Gasteiger partial charge in [0, 0.05) is 38.8 Å². The zero-order valence-corrected chi connectivity index (χ0v) is 23.9. The highest BCUT2D eigenvalue weighted by atomic mass is 16.6. The molecule has 0 fully saturated rings. The fourth-order valence-electron chi connectivity index (χ4n) is 3.74. The minimum absolute atomic E-state index is 0.133. The van der Waals surface area contributed by atoms with E-state index in [1.807, 2.05) is 84.0 Å². The molecule has 2 rings (SSSR count). The highest BCUT2D eigenvalue weighted by molar-refractivity contribution is 5.68. The van der Waals surface area contributed by atoms with Gasteiger partial charge in [-0.3, -0.25) is 0 Å². The Kier molecular flexibility index (Phi) is 12.1. The van der Waals surface area contributed by atoms with Crippen LogP contribution < -0.4 is 16.4 Å². The summed E-state index contributed by atoms with van der Waals surface area (Å²) in [5.74, 6) is 0. The first-order chi connectivity index (χ1) is 17.8. The number of rotatable bonds is 12. The molecule has 0 aliphatic carbocycles. The average Bonchev–Trinajstić information content (AvgIpc) is 2.81.